The molecule has 0 spiro atoms. The van der Waals surface area contributed by atoms with E-state index in [-0.39, 0.29) is 11.6 Å². The van der Waals surface area contributed by atoms with Crippen molar-refractivity contribution in [3.8, 4) is 0 Å². The molecule has 15 heavy (non-hydrogen) atoms. The van der Waals surface area contributed by atoms with Crippen molar-refractivity contribution in [2.24, 2.45) is 5.41 Å². The summed E-state index contributed by atoms with van der Waals surface area (Å²) in [4.78, 5) is 12.1. The third-order valence-corrected chi connectivity index (χ3v) is 3.86. The lowest BCUT2D eigenvalue weighted by molar-refractivity contribution is 0.0863. The average Bonchev–Trinajstić information content (AvgIpc) is 2.36. The first-order chi connectivity index (χ1) is 6.84. The molecule has 0 unspecified atom stereocenters. The van der Waals surface area contributed by atoms with Crippen molar-refractivity contribution in [3.63, 3.8) is 0 Å². The van der Waals surface area contributed by atoms with Gasteiger partial charge in [-0.25, -0.2) is 4.39 Å². The third-order valence-electron chi connectivity index (χ3n) is 3.04. The van der Waals surface area contributed by atoms with Crippen molar-refractivity contribution in [3.05, 3.63) is 33.0 Å². The minimum absolute atomic E-state index is 0.0511. The van der Waals surface area contributed by atoms with E-state index in [2.05, 4.69) is 15.9 Å². The standard InChI is InChI=1S/C12H12BrFO/c1-6-8(13)4-9(14)7-5-12(2,3)11(15)10(6)7/h4H,5H2,1-3H3. The summed E-state index contributed by atoms with van der Waals surface area (Å²) in [6, 6.07) is 1.45. The van der Waals surface area contributed by atoms with Crippen LogP contribution in [0.4, 0.5) is 4.39 Å². The molecule has 0 fully saturated rings. The van der Waals surface area contributed by atoms with Crippen LogP contribution in [0.25, 0.3) is 0 Å². The molecule has 80 valence electrons. The summed E-state index contributed by atoms with van der Waals surface area (Å²) in [5.41, 5.74) is 1.54. The maximum absolute atomic E-state index is 13.7. The first-order valence-corrected chi connectivity index (χ1v) is 5.66. The van der Waals surface area contributed by atoms with Gasteiger partial charge >= 0.3 is 0 Å². The van der Waals surface area contributed by atoms with Crippen molar-refractivity contribution in [2.75, 3.05) is 0 Å². The van der Waals surface area contributed by atoms with Crippen LogP contribution in [-0.4, -0.2) is 5.78 Å². The van der Waals surface area contributed by atoms with Crippen molar-refractivity contribution < 1.29 is 9.18 Å². The van der Waals surface area contributed by atoms with E-state index >= 15 is 0 Å². The molecule has 0 aromatic heterocycles. The fourth-order valence-electron chi connectivity index (χ4n) is 2.11. The van der Waals surface area contributed by atoms with Crippen LogP contribution in [0.2, 0.25) is 0 Å². The van der Waals surface area contributed by atoms with Crippen LogP contribution in [0.5, 0.6) is 0 Å². The molecule has 0 amide bonds. The molecular weight excluding hydrogens is 259 g/mol. The van der Waals surface area contributed by atoms with Gasteiger partial charge in [0.15, 0.2) is 5.78 Å². The van der Waals surface area contributed by atoms with E-state index in [4.69, 9.17) is 0 Å². The molecule has 0 atom stereocenters. The summed E-state index contributed by atoms with van der Waals surface area (Å²) in [5.74, 6) is -0.225. The van der Waals surface area contributed by atoms with E-state index in [9.17, 15) is 9.18 Å². The number of carbonyl (C=O) groups excluding carboxylic acids is 1. The Balaban J connectivity index is 2.75. The smallest absolute Gasteiger partial charge is 0.169 e. The van der Waals surface area contributed by atoms with E-state index in [1.807, 2.05) is 20.8 Å². The average molecular weight is 271 g/mol. The molecule has 0 N–H and O–H groups in total. The predicted octanol–water partition coefficient (Wildman–Crippen LogP) is 3.66. The molecule has 0 saturated carbocycles. The lowest BCUT2D eigenvalue weighted by Crippen LogP contribution is -2.19. The maximum Gasteiger partial charge on any atom is 0.169 e. The van der Waals surface area contributed by atoms with Crippen molar-refractivity contribution >= 4 is 21.7 Å². The highest BCUT2D eigenvalue weighted by atomic mass is 79.9. The number of benzene rings is 1. The van der Waals surface area contributed by atoms with Crippen molar-refractivity contribution in [1.82, 2.24) is 0 Å². The highest BCUT2D eigenvalue weighted by Gasteiger charge is 2.40. The molecule has 0 aliphatic heterocycles. The topological polar surface area (TPSA) is 17.1 Å². The zero-order valence-electron chi connectivity index (χ0n) is 8.95. The number of halogens is 2. The zero-order valence-corrected chi connectivity index (χ0v) is 10.5. The second-order valence-electron chi connectivity index (χ2n) is 4.71. The molecular formula is C12H12BrFO. The highest BCUT2D eigenvalue weighted by molar-refractivity contribution is 9.10. The van der Waals surface area contributed by atoms with Gasteiger partial charge in [-0.05, 0) is 30.5 Å². The first-order valence-electron chi connectivity index (χ1n) is 4.87. The monoisotopic (exact) mass is 270 g/mol. The minimum atomic E-state index is -0.464. The van der Waals surface area contributed by atoms with Crippen LogP contribution in [0.1, 0.15) is 35.3 Å². The molecule has 1 aromatic rings. The van der Waals surface area contributed by atoms with Gasteiger partial charge in [0.05, 0.1) is 0 Å². The van der Waals surface area contributed by atoms with Gasteiger partial charge in [0.1, 0.15) is 5.82 Å². The van der Waals surface area contributed by atoms with Gasteiger partial charge in [-0.2, -0.15) is 0 Å². The van der Waals surface area contributed by atoms with E-state index in [0.717, 1.165) is 5.56 Å². The first kappa shape index (κ1) is 10.8. The molecule has 1 aliphatic rings. The molecule has 2 rings (SSSR count). The van der Waals surface area contributed by atoms with E-state index in [0.29, 0.717) is 22.0 Å². The summed E-state index contributed by atoms with van der Waals surface area (Å²) in [5, 5.41) is 0. The lowest BCUT2D eigenvalue weighted by Gasteiger charge is -2.13. The molecule has 1 aliphatic carbocycles. The summed E-state index contributed by atoms with van der Waals surface area (Å²) in [7, 11) is 0. The molecule has 3 heteroatoms. The summed E-state index contributed by atoms with van der Waals surface area (Å²) in [6.07, 6.45) is 0.501. The normalized spacial score (nSPS) is 18.1. The van der Waals surface area contributed by atoms with Crippen LogP contribution in [0, 0.1) is 18.2 Å². The second kappa shape index (κ2) is 3.14. The van der Waals surface area contributed by atoms with Crippen LogP contribution >= 0.6 is 15.9 Å². The Morgan fingerprint density at radius 1 is 1.47 bits per heavy atom. The van der Waals surface area contributed by atoms with Crippen LogP contribution < -0.4 is 0 Å². The Hall–Kier alpha value is -0.700. The SMILES string of the molecule is Cc1c(Br)cc(F)c2c1C(=O)C(C)(C)C2. The number of carbonyl (C=O) groups is 1. The van der Waals surface area contributed by atoms with Crippen LogP contribution in [0.3, 0.4) is 0 Å². The number of hydrogen-bond donors (Lipinski definition) is 0. The third kappa shape index (κ3) is 1.44. The molecule has 1 nitrogen and oxygen atoms in total. The Bertz CT molecular complexity index is 463. The molecule has 0 heterocycles. The van der Waals surface area contributed by atoms with Gasteiger partial charge in [-0.15, -0.1) is 0 Å². The van der Waals surface area contributed by atoms with Gasteiger partial charge in [0, 0.05) is 15.5 Å². The van der Waals surface area contributed by atoms with Gasteiger partial charge < -0.3 is 0 Å². The number of ketones is 1. The lowest BCUT2D eigenvalue weighted by atomic mass is 9.88. The van der Waals surface area contributed by atoms with E-state index in [1.54, 1.807) is 0 Å². The Kier molecular flexibility index (Phi) is 2.26. The Labute approximate surface area is 96.8 Å². The van der Waals surface area contributed by atoms with Gasteiger partial charge in [-0.3, -0.25) is 4.79 Å². The second-order valence-corrected chi connectivity index (χ2v) is 5.56. The maximum atomic E-state index is 13.7. The molecule has 0 radical (unpaired) electrons. The van der Waals surface area contributed by atoms with Crippen LogP contribution in [0.15, 0.2) is 10.5 Å². The minimum Gasteiger partial charge on any atom is -0.294 e. The molecule has 1 aromatic carbocycles. The summed E-state index contributed by atoms with van der Waals surface area (Å²) < 4.78 is 14.3. The predicted molar refractivity (Wildman–Crippen MR) is 60.7 cm³/mol. The fraction of sp³-hybridized carbons (Fsp3) is 0.417. The number of rotatable bonds is 0. The summed E-state index contributed by atoms with van der Waals surface area (Å²) in [6.45, 7) is 5.58. The van der Waals surface area contributed by atoms with Gasteiger partial charge in [0.25, 0.3) is 0 Å². The number of hydrogen-bond acceptors (Lipinski definition) is 1. The van der Waals surface area contributed by atoms with E-state index in [1.165, 1.54) is 6.07 Å². The molecule has 0 saturated heterocycles. The summed E-state index contributed by atoms with van der Waals surface area (Å²) >= 11 is 3.27. The van der Waals surface area contributed by atoms with Gasteiger partial charge in [-0.1, -0.05) is 29.8 Å². The quantitative estimate of drug-likeness (QED) is 0.703. The largest absolute Gasteiger partial charge is 0.294 e. The van der Waals surface area contributed by atoms with Gasteiger partial charge in [0.2, 0.25) is 0 Å². The zero-order chi connectivity index (χ0) is 11.4. The Morgan fingerprint density at radius 2 is 2.07 bits per heavy atom. The van der Waals surface area contributed by atoms with Crippen LogP contribution in [-0.2, 0) is 6.42 Å². The molecule has 0 bridgehead atoms. The number of Topliss-reactive ketones (excluding diaryl/α,β-unsaturated/α-hetero) is 1. The van der Waals surface area contributed by atoms with E-state index < -0.39 is 5.41 Å². The number of fused-ring (bicyclic) bond motifs is 1. The fourth-order valence-corrected chi connectivity index (χ4v) is 2.51. The van der Waals surface area contributed by atoms with Crippen molar-refractivity contribution in [2.45, 2.75) is 27.2 Å². The highest BCUT2D eigenvalue weighted by Crippen LogP contribution is 2.40. The Morgan fingerprint density at radius 3 is 2.67 bits per heavy atom. The van der Waals surface area contributed by atoms with Crippen molar-refractivity contribution in [1.29, 1.82) is 0 Å².